The molecule has 0 saturated heterocycles. The Morgan fingerprint density at radius 2 is 1.44 bits per heavy atom. The minimum Gasteiger partial charge on any atom is -0.432 e. The topological polar surface area (TPSA) is 9.23 Å². The zero-order valence-electron chi connectivity index (χ0n) is 20.8. The lowest BCUT2D eigenvalue weighted by Crippen LogP contribution is -2.41. The first kappa shape index (κ1) is 28.4. The van der Waals surface area contributed by atoms with Crippen LogP contribution in [0, 0.1) is 29.2 Å². The highest BCUT2D eigenvalue weighted by molar-refractivity contribution is 5.78. The molecule has 1 aliphatic rings. The summed E-state index contributed by atoms with van der Waals surface area (Å²) in [6.45, 7) is 2.12. The van der Waals surface area contributed by atoms with Crippen LogP contribution in [0.3, 0.4) is 0 Å². The van der Waals surface area contributed by atoms with Crippen molar-refractivity contribution in [3.8, 4) is 16.9 Å². The van der Waals surface area contributed by atoms with Gasteiger partial charge in [0.05, 0.1) is 0 Å². The summed E-state index contributed by atoms with van der Waals surface area (Å²) >= 11 is 0. The molecule has 1 nitrogen and oxygen atoms in total. The van der Waals surface area contributed by atoms with Gasteiger partial charge in [0, 0.05) is 17.7 Å². The molecule has 0 radical (unpaired) electrons. The zero-order chi connectivity index (χ0) is 28.3. The van der Waals surface area contributed by atoms with Gasteiger partial charge in [-0.1, -0.05) is 56.2 Å². The number of aryl methyl sites for hydroxylation is 1. The summed E-state index contributed by atoms with van der Waals surface area (Å²) in [5.74, 6) is -12.0. The Labute approximate surface area is 220 Å². The van der Waals surface area contributed by atoms with Crippen LogP contribution in [0.25, 0.3) is 16.7 Å². The van der Waals surface area contributed by atoms with Crippen LogP contribution in [-0.4, -0.2) is 12.3 Å². The maximum absolute atomic E-state index is 15.0. The van der Waals surface area contributed by atoms with Gasteiger partial charge in [-0.05, 0) is 53.3 Å². The van der Waals surface area contributed by atoms with Crippen LogP contribution >= 0.6 is 0 Å². The standard InChI is InChI=1S/C30H24F8O/c1-2-3-4-5-17-6-8-18(9-7-17)19-10-11-22(23(31)12-19)20-13-24(32)28(25(33)14-20)30(37,38)39-21-15-26(34)29(36)27(35)16-21/h6-16,24,28H,2-5H2,1H3. The van der Waals surface area contributed by atoms with Gasteiger partial charge in [-0.15, -0.1) is 0 Å². The fourth-order valence-corrected chi connectivity index (χ4v) is 4.40. The number of hydrogen-bond donors (Lipinski definition) is 0. The SMILES string of the molecule is CCCCCc1ccc(-c2ccc(C3=CC(F)C(C(F)(F)Oc4cc(F)c(F)c(F)c4)C(F)=C3)c(F)c2)cc1. The monoisotopic (exact) mass is 552 g/mol. The summed E-state index contributed by atoms with van der Waals surface area (Å²) in [7, 11) is 0. The third-order valence-electron chi connectivity index (χ3n) is 6.46. The van der Waals surface area contributed by atoms with Gasteiger partial charge in [0.15, 0.2) is 17.5 Å². The Hall–Kier alpha value is -3.62. The Morgan fingerprint density at radius 3 is 2.03 bits per heavy atom. The minimum absolute atomic E-state index is 0.127. The summed E-state index contributed by atoms with van der Waals surface area (Å²) in [6.07, 6.45) is -1.92. The minimum atomic E-state index is -4.62. The molecular weight excluding hydrogens is 528 g/mol. The molecule has 0 spiro atoms. The van der Waals surface area contributed by atoms with Gasteiger partial charge < -0.3 is 4.74 Å². The molecule has 0 bridgehead atoms. The zero-order valence-corrected chi connectivity index (χ0v) is 20.8. The number of ether oxygens (including phenoxy) is 1. The molecule has 0 aliphatic heterocycles. The summed E-state index contributed by atoms with van der Waals surface area (Å²) in [4.78, 5) is 0. The predicted molar refractivity (Wildman–Crippen MR) is 133 cm³/mol. The molecule has 206 valence electrons. The molecule has 0 heterocycles. The molecule has 1 aliphatic carbocycles. The highest BCUT2D eigenvalue weighted by Crippen LogP contribution is 2.43. The second-order valence-corrected chi connectivity index (χ2v) is 9.29. The van der Waals surface area contributed by atoms with Gasteiger partial charge in [-0.25, -0.2) is 26.3 Å². The van der Waals surface area contributed by atoms with E-state index < -0.39 is 53.0 Å². The predicted octanol–water partition coefficient (Wildman–Crippen LogP) is 9.52. The fourth-order valence-electron chi connectivity index (χ4n) is 4.40. The Bertz CT molecular complexity index is 1370. The van der Waals surface area contributed by atoms with Crippen LogP contribution in [0.5, 0.6) is 5.75 Å². The van der Waals surface area contributed by atoms with Gasteiger partial charge in [0.1, 0.15) is 29.5 Å². The van der Waals surface area contributed by atoms with E-state index in [1.54, 1.807) is 6.07 Å². The molecule has 0 N–H and O–H groups in total. The second kappa shape index (κ2) is 11.6. The first-order chi connectivity index (χ1) is 18.5. The lowest BCUT2D eigenvalue weighted by Gasteiger charge is -2.30. The molecule has 3 aromatic rings. The molecular formula is C30H24F8O. The van der Waals surface area contributed by atoms with Gasteiger partial charge in [0.25, 0.3) is 0 Å². The van der Waals surface area contributed by atoms with Crippen molar-refractivity contribution >= 4 is 5.57 Å². The number of unbranched alkanes of at least 4 members (excludes halogenated alkanes) is 2. The number of rotatable bonds is 9. The van der Waals surface area contributed by atoms with E-state index in [4.69, 9.17) is 0 Å². The number of halogens is 8. The summed E-state index contributed by atoms with van der Waals surface area (Å²) < 4.78 is 118. The first-order valence-electron chi connectivity index (χ1n) is 12.3. The fraction of sp³-hybridized carbons (Fsp3) is 0.267. The van der Waals surface area contributed by atoms with Crippen molar-refractivity contribution in [3.63, 3.8) is 0 Å². The van der Waals surface area contributed by atoms with E-state index in [-0.39, 0.29) is 23.3 Å². The maximum Gasteiger partial charge on any atom is 0.410 e. The molecule has 4 rings (SSSR count). The van der Waals surface area contributed by atoms with Gasteiger partial charge in [0.2, 0.25) is 0 Å². The van der Waals surface area contributed by atoms with Crippen molar-refractivity contribution in [1.29, 1.82) is 0 Å². The average molecular weight is 553 g/mol. The van der Waals surface area contributed by atoms with E-state index in [0.29, 0.717) is 17.7 Å². The van der Waals surface area contributed by atoms with Crippen LogP contribution < -0.4 is 4.74 Å². The average Bonchev–Trinajstić information content (AvgIpc) is 2.87. The number of hydrogen-bond acceptors (Lipinski definition) is 1. The van der Waals surface area contributed by atoms with Gasteiger partial charge in [-0.2, -0.15) is 8.78 Å². The summed E-state index contributed by atoms with van der Waals surface area (Å²) in [5, 5.41) is 0. The number of benzene rings is 3. The number of alkyl halides is 3. The van der Waals surface area contributed by atoms with E-state index >= 15 is 0 Å². The molecule has 0 saturated carbocycles. The quantitative estimate of drug-likeness (QED) is 0.146. The highest BCUT2D eigenvalue weighted by Gasteiger charge is 2.51. The first-order valence-corrected chi connectivity index (χ1v) is 12.3. The van der Waals surface area contributed by atoms with E-state index in [1.165, 1.54) is 12.1 Å². The Kier molecular flexibility index (Phi) is 8.47. The third-order valence-corrected chi connectivity index (χ3v) is 6.46. The summed E-state index contributed by atoms with van der Waals surface area (Å²) in [6, 6.07) is 11.9. The Morgan fingerprint density at radius 1 is 0.795 bits per heavy atom. The molecule has 0 aromatic heterocycles. The number of allylic oxidation sites excluding steroid dienone is 3. The Balaban J connectivity index is 1.52. The normalized spacial score (nSPS) is 17.6. The van der Waals surface area contributed by atoms with E-state index in [1.807, 2.05) is 24.3 Å². The molecule has 2 atom stereocenters. The largest absolute Gasteiger partial charge is 0.432 e. The van der Waals surface area contributed by atoms with Crippen molar-refractivity contribution in [2.75, 3.05) is 0 Å². The van der Waals surface area contributed by atoms with E-state index in [2.05, 4.69) is 11.7 Å². The molecule has 2 unspecified atom stereocenters. The van der Waals surface area contributed by atoms with Crippen LogP contribution in [0.1, 0.15) is 37.3 Å². The smallest absolute Gasteiger partial charge is 0.410 e. The highest BCUT2D eigenvalue weighted by atomic mass is 19.3. The molecule has 0 fully saturated rings. The molecule has 39 heavy (non-hydrogen) atoms. The molecule has 0 amide bonds. The van der Waals surface area contributed by atoms with Crippen LogP contribution in [0.2, 0.25) is 0 Å². The van der Waals surface area contributed by atoms with Crippen LogP contribution in [0.4, 0.5) is 35.1 Å². The molecule has 9 heteroatoms. The van der Waals surface area contributed by atoms with Crippen molar-refractivity contribution in [1.82, 2.24) is 0 Å². The van der Waals surface area contributed by atoms with E-state index in [9.17, 15) is 35.1 Å². The van der Waals surface area contributed by atoms with Gasteiger partial charge in [-0.3, -0.25) is 0 Å². The molecule has 3 aromatic carbocycles. The lowest BCUT2D eigenvalue weighted by molar-refractivity contribution is -0.219. The van der Waals surface area contributed by atoms with Crippen molar-refractivity contribution < 1.29 is 39.9 Å². The second-order valence-electron chi connectivity index (χ2n) is 9.29. The van der Waals surface area contributed by atoms with Crippen LogP contribution in [-0.2, 0) is 6.42 Å². The maximum atomic E-state index is 15.0. The van der Waals surface area contributed by atoms with E-state index in [0.717, 1.165) is 36.8 Å². The van der Waals surface area contributed by atoms with Crippen molar-refractivity contribution in [2.45, 2.75) is 44.9 Å². The summed E-state index contributed by atoms with van der Waals surface area (Å²) in [5.41, 5.74) is 1.88. The van der Waals surface area contributed by atoms with Crippen molar-refractivity contribution in [2.24, 2.45) is 5.92 Å². The lowest BCUT2D eigenvalue weighted by atomic mass is 9.89. The van der Waals surface area contributed by atoms with Crippen molar-refractivity contribution in [3.05, 3.63) is 107 Å². The van der Waals surface area contributed by atoms with Crippen LogP contribution in [0.15, 0.2) is 72.6 Å². The van der Waals surface area contributed by atoms with Gasteiger partial charge >= 0.3 is 6.11 Å². The third kappa shape index (κ3) is 6.34.